The van der Waals surface area contributed by atoms with Crippen molar-refractivity contribution in [1.29, 1.82) is 0 Å². The van der Waals surface area contributed by atoms with E-state index in [0.717, 1.165) is 80.6 Å². The first-order valence-electron chi connectivity index (χ1n) is 14.1. The van der Waals surface area contributed by atoms with E-state index in [0.29, 0.717) is 26.6 Å². The molecular weight excluding hydrogens is 530 g/mol. The molecule has 2 aromatic rings. The van der Waals surface area contributed by atoms with Crippen molar-refractivity contribution in [2.24, 2.45) is 11.8 Å². The molecule has 3 heterocycles. The van der Waals surface area contributed by atoms with E-state index in [1.165, 1.54) is 31.0 Å². The monoisotopic (exact) mass is 567 g/mol. The maximum absolute atomic E-state index is 13.6. The van der Waals surface area contributed by atoms with Gasteiger partial charge in [0.2, 0.25) is 0 Å². The second kappa shape index (κ2) is 11.6. The summed E-state index contributed by atoms with van der Waals surface area (Å²) in [4.78, 5) is 18.7. The predicted octanol–water partition coefficient (Wildman–Crippen LogP) is 5.19. The van der Waals surface area contributed by atoms with Crippen LogP contribution in [0.5, 0.6) is 11.5 Å². The number of thioether (sulfide) groups is 1. The number of aryl methyl sites for hydroxylation is 1. The summed E-state index contributed by atoms with van der Waals surface area (Å²) in [6, 6.07) is 8.11. The number of hydrogen-bond acceptors (Lipinski definition) is 8. The predicted molar refractivity (Wildman–Crippen MR) is 159 cm³/mol. The molecule has 7 nitrogen and oxygen atoms in total. The van der Waals surface area contributed by atoms with Gasteiger partial charge in [-0.3, -0.25) is 9.69 Å². The van der Waals surface area contributed by atoms with Gasteiger partial charge >= 0.3 is 0 Å². The lowest BCUT2D eigenvalue weighted by Gasteiger charge is -2.30. The van der Waals surface area contributed by atoms with Gasteiger partial charge in [0.05, 0.1) is 19.1 Å². The van der Waals surface area contributed by atoms with Crippen LogP contribution in [0.2, 0.25) is 0 Å². The van der Waals surface area contributed by atoms with Gasteiger partial charge in [-0.15, -0.1) is 0 Å². The Hall–Kier alpha value is -2.33. The van der Waals surface area contributed by atoms with Crippen LogP contribution < -0.4 is 14.8 Å². The standard InChI is InChI=1S/C30H37N3O4S2/c1-35-23-14-22(15-24(17-23)36-2)26-16-21(4-3-9-32-10-7-31-8-11-32)27(37-26)18-28-29(34)33(30(38)39-28)25-13-19-5-6-20(25)12-19/h14-20,25,31H,3-13H2,1-2H3/b28-18+. The lowest BCUT2D eigenvalue weighted by molar-refractivity contribution is -0.124. The second-order valence-corrected chi connectivity index (χ2v) is 12.8. The fourth-order valence-electron chi connectivity index (χ4n) is 6.69. The van der Waals surface area contributed by atoms with E-state index in [1.54, 1.807) is 14.2 Å². The van der Waals surface area contributed by atoms with E-state index >= 15 is 0 Å². The Balaban J connectivity index is 1.27. The minimum Gasteiger partial charge on any atom is -0.497 e. The van der Waals surface area contributed by atoms with Crippen LogP contribution in [0.25, 0.3) is 17.4 Å². The van der Waals surface area contributed by atoms with E-state index in [1.807, 2.05) is 29.2 Å². The molecule has 2 saturated heterocycles. The molecule has 9 heteroatoms. The van der Waals surface area contributed by atoms with Gasteiger partial charge in [-0.1, -0.05) is 30.4 Å². The molecule has 3 atom stereocenters. The topological polar surface area (TPSA) is 67.2 Å². The number of rotatable bonds is 9. The number of methoxy groups -OCH3 is 2. The quantitative estimate of drug-likeness (QED) is 0.328. The lowest BCUT2D eigenvalue weighted by atomic mass is 9.94. The molecule has 2 aliphatic carbocycles. The number of carbonyl (C=O) groups excluding carboxylic acids is 1. The summed E-state index contributed by atoms with van der Waals surface area (Å²) in [6.45, 7) is 5.30. The van der Waals surface area contributed by atoms with E-state index in [2.05, 4.69) is 16.3 Å². The molecule has 4 aliphatic rings. The van der Waals surface area contributed by atoms with Crippen molar-refractivity contribution in [1.82, 2.24) is 15.1 Å². The summed E-state index contributed by atoms with van der Waals surface area (Å²) in [5.41, 5.74) is 1.98. The molecule has 1 amide bonds. The SMILES string of the molecule is COc1cc(OC)cc(-c2cc(CCCN3CCNCC3)c(/C=C3/SC(=S)N(C4CC5CCC4C5)C3=O)o2)c1. The molecule has 2 bridgehead atoms. The van der Waals surface area contributed by atoms with Crippen LogP contribution >= 0.6 is 24.0 Å². The normalized spacial score (nSPS) is 26.3. The number of piperazine rings is 1. The van der Waals surface area contributed by atoms with Crippen LogP contribution in [0, 0.1) is 11.8 Å². The number of benzene rings is 1. The summed E-state index contributed by atoms with van der Waals surface area (Å²) < 4.78 is 18.1. The molecule has 4 fully saturated rings. The van der Waals surface area contributed by atoms with E-state index in [4.69, 9.17) is 26.1 Å². The van der Waals surface area contributed by atoms with Gasteiger partial charge in [0, 0.05) is 49.9 Å². The third-order valence-corrected chi connectivity index (χ3v) is 10.1. The summed E-state index contributed by atoms with van der Waals surface area (Å²) in [7, 11) is 3.29. The van der Waals surface area contributed by atoms with Gasteiger partial charge in [-0.2, -0.15) is 0 Å². The smallest absolute Gasteiger partial charge is 0.266 e. The number of fused-ring (bicyclic) bond motifs is 2. The molecule has 2 saturated carbocycles. The van der Waals surface area contributed by atoms with Crippen molar-refractivity contribution in [3.63, 3.8) is 0 Å². The zero-order valence-corrected chi connectivity index (χ0v) is 24.4. The highest BCUT2D eigenvalue weighted by Gasteiger charge is 2.48. The highest BCUT2D eigenvalue weighted by molar-refractivity contribution is 8.26. The second-order valence-electron chi connectivity index (χ2n) is 11.1. The molecule has 1 aromatic carbocycles. The molecular formula is C30H37N3O4S2. The Morgan fingerprint density at radius 1 is 1.10 bits per heavy atom. The highest BCUT2D eigenvalue weighted by Crippen LogP contribution is 2.49. The van der Waals surface area contributed by atoms with Gasteiger partial charge < -0.3 is 24.1 Å². The van der Waals surface area contributed by atoms with Crippen LogP contribution in [0.1, 0.15) is 43.4 Å². The molecule has 39 heavy (non-hydrogen) atoms. The van der Waals surface area contributed by atoms with Gasteiger partial charge in [0.1, 0.15) is 27.3 Å². The fraction of sp³-hybridized carbons (Fsp3) is 0.533. The number of nitrogens with zero attached hydrogens (tertiary/aromatic N) is 2. The molecule has 2 aliphatic heterocycles. The van der Waals surface area contributed by atoms with E-state index < -0.39 is 0 Å². The minimum absolute atomic E-state index is 0.0373. The van der Waals surface area contributed by atoms with Gasteiger partial charge in [-0.25, -0.2) is 0 Å². The van der Waals surface area contributed by atoms with Crippen molar-refractivity contribution in [3.05, 3.63) is 40.5 Å². The summed E-state index contributed by atoms with van der Waals surface area (Å²) in [5, 5.41) is 3.42. The van der Waals surface area contributed by atoms with E-state index in [9.17, 15) is 4.79 Å². The zero-order chi connectivity index (χ0) is 26.9. The van der Waals surface area contributed by atoms with Crippen LogP contribution in [-0.2, 0) is 11.2 Å². The summed E-state index contributed by atoms with van der Waals surface area (Å²) >= 11 is 7.15. The molecule has 1 aromatic heterocycles. The Morgan fingerprint density at radius 3 is 2.54 bits per heavy atom. The van der Waals surface area contributed by atoms with Crippen LogP contribution in [0.4, 0.5) is 0 Å². The number of amides is 1. The summed E-state index contributed by atoms with van der Waals surface area (Å²) in [6.07, 6.45) is 8.66. The average molecular weight is 568 g/mol. The van der Waals surface area contributed by atoms with Crippen LogP contribution in [0.15, 0.2) is 33.6 Å². The molecule has 6 rings (SSSR count). The average Bonchev–Trinajstić information content (AvgIpc) is 3.74. The van der Waals surface area contributed by atoms with Gasteiger partial charge in [0.15, 0.2) is 0 Å². The first-order chi connectivity index (χ1) is 19.0. The number of carbonyl (C=O) groups is 1. The molecule has 1 N–H and O–H groups in total. The first kappa shape index (κ1) is 26.9. The third kappa shape index (κ3) is 5.64. The highest BCUT2D eigenvalue weighted by atomic mass is 32.2. The number of thiocarbonyl (C=S) groups is 1. The number of furan rings is 1. The van der Waals surface area contributed by atoms with Gasteiger partial charge in [0.25, 0.3) is 5.91 Å². The summed E-state index contributed by atoms with van der Waals surface area (Å²) in [5.74, 6) is 4.26. The van der Waals surface area contributed by atoms with Crippen molar-refractivity contribution in [2.45, 2.75) is 44.6 Å². The Bertz CT molecular complexity index is 1250. The Kier molecular flexibility index (Phi) is 8.03. The van der Waals surface area contributed by atoms with E-state index in [-0.39, 0.29) is 11.9 Å². The van der Waals surface area contributed by atoms with Crippen molar-refractivity contribution < 1.29 is 18.7 Å². The maximum Gasteiger partial charge on any atom is 0.266 e. The van der Waals surface area contributed by atoms with Crippen LogP contribution in [-0.4, -0.2) is 73.0 Å². The largest absolute Gasteiger partial charge is 0.497 e. The third-order valence-electron chi connectivity index (χ3n) is 8.73. The van der Waals surface area contributed by atoms with Gasteiger partial charge in [-0.05, 0) is 74.2 Å². The molecule has 0 radical (unpaired) electrons. The minimum atomic E-state index is 0.0373. The number of hydrogen-bond donors (Lipinski definition) is 1. The molecule has 3 unspecified atom stereocenters. The van der Waals surface area contributed by atoms with Crippen molar-refractivity contribution in [2.75, 3.05) is 46.9 Å². The number of nitrogens with one attached hydrogen (secondary N) is 1. The molecule has 208 valence electrons. The fourth-order valence-corrected chi connectivity index (χ4v) is 8.04. The Morgan fingerprint density at radius 2 is 1.87 bits per heavy atom. The number of ether oxygens (including phenoxy) is 2. The first-order valence-corrected chi connectivity index (χ1v) is 15.3. The lowest BCUT2D eigenvalue weighted by Crippen LogP contribution is -2.43. The maximum atomic E-state index is 13.6. The van der Waals surface area contributed by atoms with Crippen molar-refractivity contribution >= 4 is 40.3 Å². The zero-order valence-electron chi connectivity index (χ0n) is 22.7. The van der Waals surface area contributed by atoms with Crippen molar-refractivity contribution in [3.8, 4) is 22.8 Å². The Labute approximate surface area is 240 Å². The van der Waals surface area contributed by atoms with Crippen LogP contribution in [0.3, 0.4) is 0 Å². The molecule has 0 spiro atoms.